The number of nitrogens with two attached hydrogens (primary N) is 1. The maximum atomic E-state index is 11.2. The Bertz CT molecular complexity index is 395. The van der Waals surface area contributed by atoms with Gasteiger partial charge in [-0.1, -0.05) is 23.7 Å². The van der Waals surface area contributed by atoms with Gasteiger partial charge in [-0.15, -0.1) is 11.8 Å². The molecule has 4 nitrogen and oxygen atoms in total. The lowest BCUT2D eigenvalue weighted by molar-refractivity contribution is -0.123. The molecule has 0 aromatic heterocycles. The van der Waals surface area contributed by atoms with Gasteiger partial charge in [0, 0.05) is 10.8 Å². The first-order valence-electron chi connectivity index (χ1n) is 4.95. The number of carbonyl (C=O) groups is 2. The van der Waals surface area contributed by atoms with Gasteiger partial charge in [-0.05, 0) is 17.7 Å². The predicted octanol–water partition coefficient (Wildman–Crippen LogP) is 1.17. The lowest BCUT2D eigenvalue weighted by atomic mass is 10.2. The molecule has 0 spiro atoms. The molecule has 1 aromatic carbocycles. The van der Waals surface area contributed by atoms with Gasteiger partial charge in [0.15, 0.2) is 0 Å². The first-order chi connectivity index (χ1) is 8.08. The number of benzene rings is 1. The van der Waals surface area contributed by atoms with Crippen molar-refractivity contribution in [3.63, 3.8) is 0 Å². The number of nitrogens with one attached hydrogen (secondary N) is 1. The number of amides is 2. The average molecular weight is 273 g/mol. The van der Waals surface area contributed by atoms with Crippen molar-refractivity contribution < 1.29 is 9.59 Å². The molecule has 92 valence electrons. The number of rotatable bonds is 6. The van der Waals surface area contributed by atoms with Crippen molar-refractivity contribution in [1.82, 2.24) is 5.32 Å². The van der Waals surface area contributed by atoms with Gasteiger partial charge < -0.3 is 11.1 Å². The highest BCUT2D eigenvalue weighted by Crippen LogP contribution is 2.15. The minimum Gasteiger partial charge on any atom is -0.368 e. The van der Waals surface area contributed by atoms with E-state index in [-0.39, 0.29) is 12.5 Å². The Kier molecular flexibility index (Phi) is 5.86. The highest BCUT2D eigenvalue weighted by atomic mass is 35.5. The van der Waals surface area contributed by atoms with Crippen LogP contribution in [-0.4, -0.2) is 24.1 Å². The van der Waals surface area contributed by atoms with Gasteiger partial charge in [0.2, 0.25) is 11.8 Å². The van der Waals surface area contributed by atoms with Crippen LogP contribution in [0.4, 0.5) is 0 Å². The molecule has 0 aliphatic carbocycles. The Morgan fingerprint density at radius 1 is 1.29 bits per heavy atom. The quantitative estimate of drug-likeness (QED) is 0.817. The van der Waals surface area contributed by atoms with Gasteiger partial charge in [-0.2, -0.15) is 0 Å². The molecular weight excluding hydrogens is 260 g/mol. The second-order valence-electron chi connectivity index (χ2n) is 3.36. The van der Waals surface area contributed by atoms with Gasteiger partial charge in [0.1, 0.15) is 0 Å². The molecule has 0 saturated heterocycles. The molecule has 0 bridgehead atoms. The predicted molar refractivity (Wildman–Crippen MR) is 69.8 cm³/mol. The van der Waals surface area contributed by atoms with Crippen LogP contribution in [0, 0.1) is 0 Å². The number of primary amides is 1. The van der Waals surface area contributed by atoms with Gasteiger partial charge in [-0.3, -0.25) is 9.59 Å². The highest BCUT2D eigenvalue weighted by Gasteiger charge is 2.03. The van der Waals surface area contributed by atoms with Crippen LogP contribution in [0.2, 0.25) is 5.02 Å². The summed E-state index contributed by atoms with van der Waals surface area (Å²) in [6, 6.07) is 7.45. The fourth-order valence-corrected chi connectivity index (χ4v) is 2.02. The topological polar surface area (TPSA) is 72.2 Å². The summed E-state index contributed by atoms with van der Waals surface area (Å²) in [6.45, 7) is -0.111. The minimum atomic E-state index is -0.541. The molecule has 0 fully saturated rings. The second kappa shape index (κ2) is 7.19. The van der Waals surface area contributed by atoms with Crippen LogP contribution in [-0.2, 0) is 15.3 Å². The van der Waals surface area contributed by atoms with Crippen LogP contribution in [0.25, 0.3) is 0 Å². The number of halogens is 1. The van der Waals surface area contributed by atoms with E-state index in [1.807, 2.05) is 24.3 Å². The number of thioether (sulfide) groups is 1. The zero-order chi connectivity index (χ0) is 12.7. The molecule has 3 N–H and O–H groups in total. The fourth-order valence-electron chi connectivity index (χ4n) is 1.08. The molecule has 6 heteroatoms. The minimum absolute atomic E-state index is 0.111. The van der Waals surface area contributed by atoms with Crippen LogP contribution in [0.3, 0.4) is 0 Å². The van der Waals surface area contributed by atoms with Crippen molar-refractivity contribution in [3.05, 3.63) is 34.9 Å². The third kappa shape index (κ3) is 6.19. The first-order valence-corrected chi connectivity index (χ1v) is 6.48. The number of hydrogen-bond acceptors (Lipinski definition) is 3. The zero-order valence-electron chi connectivity index (χ0n) is 9.11. The van der Waals surface area contributed by atoms with Crippen molar-refractivity contribution in [2.24, 2.45) is 5.73 Å². The molecule has 0 saturated carbocycles. The molecule has 0 aliphatic heterocycles. The van der Waals surface area contributed by atoms with Gasteiger partial charge >= 0.3 is 0 Å². The van der Waals surface area contributed by atoms with E-state index in [1.54, 1.807) is 0 Å². The van der Waals surface area contributed by atoms with Crippen LogP contribution >= 0.6 is 23.4 Å². The zero-order valence-corrected chi connectivity index (χ0v) is 10.7. The summed E-state index contributed by atoms with van der Waals surface area (Å²) in [5.41, 5.74) is 6.00. The van der Waals surface area contributed by atoms with E-state index in [4.69, 9.17) is 17.3 Å². The van der Waals surface area contributed by atoms with Gasteiger partial charge in [0.05, 0.1) is 12.3 Å². The van der Waals surface area contributed by atoms with Crippen molar-refractivity contribution in [2.45, 2.75) is 5.75 Å². The van der Waals surface area contributed by atoms with Crippen LogP contribution < -0.4 is 11.1 Å². The summed E-state index contributed by atoms with van der Waals surface area (Å²) in [4.78, 5) is 21.7. The normalized spacial score (nSPS) is 9.94. The lowest BCUT2D eigenvalue weighted by Crippen LogP contribution is -2.34. The van der Waals surface area contributed by atoms with Crippen LogP contribution in [0.5, 0.6) is 0 Å². The summed E-state index contributed by atoms with van der Waals surface area (Å²) in [5, 5.41) is 3.11. The largest absolute Gasteiger partial charge is 0.368 e. The molecule has 1 aromatic rings. The van der Waals surface area contributed by atoms with Gasteiger partial charge in [0.25, 0.3) is 0 Å². The monoisotopic (exact) mass is 272 g/mol. The number of carbonyl (C=O) groups excluding carboxylic acids is 2. The maximum absolute atomic E-state index is 11.2. The molecule has 2 amide bonds. The second-order valence-corrected chi connectivity index (χ2v) is 4.78. The SMILES string of the molecule is NC(=O)CNC(=O)CSCc1ccc(Cl)cc1. The first kappa shape index (κ1) is 13.9. The third-order valence-electron chi connectivity index (χ3n) is 1.87. The summed E-state index contributed by atoms with van der Waals surface area (Å²) < 4.78 is 0. The summed E-state index contributed by atoms with van der Waals surface area (Å²) in [6.07, 6.45) is 0. The van der Waals surface area contributed by atoms with E-state index >= 15 is 0 Å². The Balaban J connectivity index is 2.21. The molecule has 0 aliphatic rings. The molecule has 0 unspecified atom stereocenters. The standard InChI is InChI=1S/C11H13ClN2O2S/c12-9-3-1-8(2-4-9)6-17-7-11(16)14-5-10(13)15/h1-4H,5-7H2,(H2,13,15)(H,14,16). The Morgan fingerprint density at radius 3 is 2.53 bits per heavy atom. The Morgan fingerprint density at radius 2 is 1.94 bits per heavy atom. The van der Waals surface area contributed by atoms with Crippen molar-refractivity contribution >= 4 is 35.2 Å². The van der Waals surface area contributed by atoms with Gasteiger partial charge in [-0.25, -0.2) is 0 Å². The highest BCUT2D eigenvalue weighted by molar-refractivity contribution is 7.99. The molecule has 17 heavy (non-hydrogen) atoms. The van der Waals surface area contributed by atoms with Crippen LogP contribution in [0.15, 0.2) is 24.3 Å². The Hall–Kier alpha value is -1.20. The van der Waals surface area contributed by atoms with Crippen LogP contribution in [0.1, 0.15) is 5.56 Å². The summed E-state index contributed by atoms with van der Waals surface area (Å²) in [7, 11) is 0. The smallest absolute Gasteiger partial charge is 0.236 e. The van der Waals surface area contributed by atoms with E-state index in [0.717, 1.165) is 11.3 Å². The molecule has 0 radical (unpaired) electrons. The van der Waals surface area contributed by atoms with Crippen molar-refractivity contribution in [1.29, 1.82) is 0 Å². The summed E-state index contributed by atoms with van der Waals surface area (Å²) >= 11 is 7.22. The summed E-state index contributed by atoms with van der Waals surface area (Å²) in [5.74, 6) is 0.292. The van der Waals surface area contributed by atoms with E-state index in [2.05, 4.69) is 5.32 Å². The number of hydrogen-bond donors (Lipinski definition) is 2. The fraction of sp³-hybridized carbons (Fsp3) is 0.273. The lowest BCUT2D eigenvalue weighted by Gasteiger charge is -2.03. The third-order valence-corrected chi connectivity index (χ3v) is 3.13. The van der Waals surface area contributed by atoms with E-state index < -0.39 is 5.91 Å². The molecule has 1 rings (SSSR count). The average Bonchev–Trinajstić information content (AvgIpc) is 2.29. The molecular formula is C11H13ClN2O2S. The van der Waals surface area contributed by atoms with Crippen molar-refractivity contribution in [2.75, 3.05) is 12.3 Å². The maximum Gasteiger partial charge on any atom is 0.236 e. The molecule has 0 atom stereocenters. The van der Waals surface area contributed by atoms with E-state index in [1.165, 1.54) is 11.8 Å². The van der Waals surface area contributed by atoms with Crippen molar-refractivity contribution in [3.8, 4) is 0 Å². The van der Waals surface area contributed by atoms with E-state index in [9.17, 15) is 9.59 Å². The Labute approximate surface area is 109 Å². The van der Waals surface area contributed by atoms with E-state index in [0.29, 0.717) is 10.8 Å². The molecule has 0 heterocycles.